The van der Waals surface area contributed by atoms with Crippen LogP contribution in [0.5, 0.6) is 0 Å². The van der Waals surface area contributed by atoms with Crippen LogP contribution in [0.25, 0.3) is 0 Å². The quantitative estimate of drug-likeness (QED) is 0.299. The Bertz CT molecular complexity index is 1520. The monoisotopic (exact) mass is 800 g/mol. The van der Waals surface area contributed by atoms with Crippen molar-refractivity contribution in [3.05, 3.63) is 71.8 Å². The number of nitrogens with one attached hydrogen (secondary N) is 1. The highest BCUT2D eigenvalue weighted by atomic mass is 16.6. The number of carbonyl (C=O) groups excluding carboxylic acids is 2. The lowest BCUT2D eigenvalue weighted by Crippen LogP contribution is -2.59. The van der Waals surface area contributed by atoms with Crippen LogP contribution in [-0.4, -0.2) is 107 Å². The summed E-state index contributed by atoms with van der Waals surface area (Å²) in [5.41, 5.74) is 2.07. The van der Waals surface area contributed by atoms with Crippen molar-refractivity contribution in [3.63, 3.8) is 0 Å². The summed E-state index contributed by atoms with van der Waals surface area (Å²) in [6.07, 6.45) is 14.6. The molecule has 1 aliphatic carbocycles. The second-order valence-electron chi connectivity index (χ2n) is 20.1. The van der Waals surface area contributed by atoms with Gasteiger partial charge in [0.25, 0.3) is 0 Å². The van der Waals surface area contributed by atoms with E-state index in [0.29, 0.717) is 12.0 Å². The van der Waals surface area contributed by atoms with Crippen molar-refractivity contribution >= 4 is 12.2 Å². The molecule has 2 atom stereocenters. The van der Waals surface area contributed by atoms with Crippen molar-refractivity contribution in [2.24, 2.45) is 23.7 Å². The average Bonchev–Trinajstić information content (AvgIpc) is 3.12. The molecule has 2 aromatic carbocycles. The van der Waals surface area contributed by atoms with Crippen LogP contribution in [0.3, 0.4) is 0 Å². The van der Waals surface area contributed by atoms with Gasteiger partial charge < -0.3 is 24.6 Å². The van der Waals surface area contributed by atoms with Crippen molar-refractivity contribution in [3.8, 4) is 0 Å². The lowest BCUT2D eigenvalue weighted by Gasteiger charge is -2.48. The molecule has 1 saturated carbocycles. The standard InChI is InChI=1S/C20H30N2O2.C15H22N2.C14H25NO2/c1-20(2,3)24-19(23)22-14-17(15-22)18-11-7-8-12-21(18)13-16-9-5-4-6-10-16;1-2-6-13(7-3-1)12-17-9-5-4-8-15(17)14-10-16-11-14;1-14(2,3)17-13(16)15-9-12(10-15)11-7-5-4-6-8-11/h4-6,9-10,17-18H,7-8,11-15H2,1-3H3;1-3,6-7,14-16H,4-5,8-12H2;11-12H,4-10H2,1-3H3. The lowest BCUT2D eigenvalue weighted by atomic mass is 9.76. The van der Waals surface area contributed by atoms with Crippen LogP contribution in [-0.2, 0) is 22.6 Å². The number of amides is 2. The number of rotatable bonds is 7. The minimum atomic E-state index is -0.410. The molecule has 0 spiro atoms. The van der Waals surface area contributed by atoms with Gasteiger partial charge in [0.05, 0.1) is 0 Å². The molecule has 58 heavy (non-hydrogen) atoms. The van der Waals surface area contributed by atoms with E-state index in [0.717, 1.165) is 63.1 Å². The fourth-order valence-electron chi connectivity index (χ4n) is 9.84. The molecule has 9 nitrogen and oxygen atoms in total. The Labute approximate surface area is 351 Å². The number of nitrogens with zero attached hydrogens (tertiary/aromatic N) is 4. The predicted molar refractivity (Wildman–Crippen MR) is 235 cm³/mol. The molecule has 6 fully saturated rings. The predicted octanol–water partition coefficient (Wildman–Crippen LogP) is 9.60. The third kappa shape index (κ3) is 13.4. The van der Waals surface area contributed by atoms with Gasteiger partial charge >= 0.3 is 12.2 Å². The maximum atomic E-state index is 12.1. The molecule has 2 unspecified atom stereocenters. The molecular formula is C49H77N5O4. The number of hydrogen-bond donors (Lipinski definition) is 1. The van der Waals surface area contributed by atoms with E-state index in [2.05, 4.69) is 75.8 Å². The zero-order valence-electron chi connectivity index (χ0n) is 37.0. The number of benzene rings is 2. The largest absolute Gasteiger partial charge is 0.444 e. The first-order valence-electron chi connectivity index (χ1n) is 23.0. The summed E-state index contributed by atoms with van der Waals surface area (Å²) in [6.45, 7) is 22.1. The summed E-state index contributed by atoms with van der Waals surface area (Å²) in [6, 6.07) is 23.0. The smallest absolute Gasteiger partial charge is 0.410 e. The van der Waals surface area contributed by atoms with Crippen LogP contribution in [0, 0.1) is 23.7 Å². The minimum absolute atomic E-state index is 0.135. The first kappa shape index (κ1) is 44.4. The van der Waals surface area contributed by atoms with E-state index in [9.17, 15) is 9.59 Å². The van der Waals surface area contributed by atoms with E-state index >= 15 is 0 Å². The summed E-state index contributed by atoms with van der Waals surface area (Å²) in [5, 5.41) is 3.42. The third-order valence-electron chi connectivity index (χ3n) is 13.1. The number of ether oxygens (including phenoxy) is 2. The van der Waals surface area contributed by atoms with Gasteiger partial charge in [-0.05, 0) is 109 Å². The van der Waals surface area contributed by atoms with Crippen molar-refractivity contribution in [1.82, 2.24) is 24.9 Å². The molecule has 0 bridgehead atoms. The Kier molecular flexibility index (Phi) is 16.0. The highest BCUT2D eigenvalue weighted by Crippen LogP contribution is 2.36. The van der Waals surface area contributed by atoms with Gasteiger partial charge in [0.2, 0.25) is 0 Å². The molecule has 6 aliphatic rings. The molecular weight excluding hydrogens is 723 g/mol. The lowest BCUT2D eigenvalue weighted by molar-refractivity contribution is -0.0280. The third-order valence-corrected chi connectivity index (χ3v) is 13.1. The van der Waals surface area contributed by atoms with Crippen molar-refractivity contribution < 1.29 is 19.1 Å². The summed E-state index contributed by atoms with van der Waals surface area (Å²) in [7, 11) is 0. The molecule has 5 heterocycles. The number of likely N-dealkylation sites (tertiary alicyclic amines) is 4. The van der Waals surface area contributed by atoms with Crippen LogP contribution in [0.1, 0.15) is 123 Å². The fourth-order valence-corrected chi connectivity index (χ4v) is 9.84. The van der Waals surface area contributed by atoms with Crippen LogP contribution in [0.4, 0.5) is 9.59 Å². The Morgan fingerprint density at radius 1 is 0.534 bits per heavy atom. The fraction of sp³-hybridized carbons (Fsp3) is 0.714. The van der Waals surface area contributed by atoms with E-state index in [1.54, 1.807) is 0 Å². The van der Waals surface area contributed by atoms with E-state index in [-0.39, 0.29) is 17.8 Å². The first-order chi connectivity index (χ1) is 27.8. The zero-order valence-corrected chi connectivity index (χ0v) is 37.0. The van der Waals surface area contributed by atoms with Crippen molar-refractivity contribution in [2.45, 2.75) is 149 Å². The Balaban J connectivity index is 0.000000150. The average molecular weight is 800 g/mol. The van der Waals surface area contributed by atoms with Crippen LogP contribution >= 0.6 is 0 Å². The molecule has 2 aromatic rings. The van der Waals surface area contributed by atoms with E-state index in [1.807, 2.05) is 51.3 Å². The van der Waals surface area contributed by atoms with Gasteiger partial charge in [-0.15, -0.1) is 0 Å². The molecule has 0 aromatic heterocycles. The molecule has 9 heteroatoms. The second-order valence-corrected chi connectivity index (χ2v) is 20.1. The molecule has 5 saturated heterocycles. The highest BCUT2D eigenvalue weighted by molar-refractivity contribution is 5.69. The van der Waals surface area contributed by atoms with Crippen LogP contribution in [0.2, 0.25) is 0 Å². The van der Waals surface area contributed by atoms with Crippen LogP contribution < -0.4 is 5.32 Å². The molecule has 1 N–H and O–H groups in total. The Morgan fingerprint density at radius 2 is 0.948 bits per heavy atom. The van der Waals surface area contributed by atoms with Gasteiger partial charge in [-0.2, -0.15) is 0 Å². The van der Waals surface area contributed by atoms with Gasteiger partial charge in [0.1, 0.15) is 11.2 Å². The maximum absolute atomic E-state index is 12.1. The van der Waals surface area contributed by atoms with Crippen molar-refractivity contribution in [1.29, 1.82) is 0 Å². The molecule has 2 amide bonds. The number of piperidine rings is 2. The molecule has 5 aliphatic heterocycles. The summed E-state index contributed by atoms with van der Waals surface area (Å²) in [4.78, 5) is 32.9. The van der Waals surface area contributed by atoms with Gasteiger partial charge in [0.15, 0.2) is 0 Å². The normalized spacial score (nSPS) is 24.2. The van der Waals surface area contributed by atoms with Gasteiger partial charge in [0, 0.05) is 70.4 Å². The SMILES string of the molecule is CC(C)(C)OC(=O)N1CC(C2CCCCC2)C1.CC(C)(C)OC(=O)N1CC(C2CCCCN2Cc2ccccc2)C1.c1ccc(CN2CCCCC2C2CNC2)cc1. The maximum Gasteiger partial charge on any atom is 0.410 e. The molecule has 0 radical (unpaired) electrons. The van der Waals surface area contributed by atoms with Gasteiger partial charge in [-0.25, -0.2) is 9.59 Å². The van der Waals surface area contributed by atoms with E-state index in [1.165, 1.54) is 108 Å². The van der Waals surface area contributed by atoms with Gasteiger partial charge in [-0.1, -0.05) is 106 Å². The van der Waals surface area contributed by atoms with E-state index < -0.39 is 5.60 Å². The zero-order chi connectivity index (χ0) is 41.1. The first-order valence-corrected chi connectivity index (χ1v) is 23.0. The van der Waals surface area contributed by atoms with Crippen molar-refractivity contribution in [2.75, 3.05) is 52.4 Å². The second kappa shape index (κ2) is 20.9. The van der Waals surface area contributed by atoms with E-state index in [4.69, 9.17) is 9.47 Å². The topological polar surface area (TPSA) is 77.6 Å². The Hall–Kier alpha value is -3.14. The number of hydrogen-bond acceptors (Lipinski definition) is 7. The van der Waals surface area contributed by atoms with Crippen LogP contribution in [0.15, 0.2) is 60.7 Å². The van der Waals surface area contributed by atoms with Gasteiger partial charge in [-0.3, -0.25) is 9.80 Å². The minimum Gasteiger partial charge on any atom is -0.444 e. The summed E-state index contributed by atoms with van der Waals surface area (Å²) >= 11 is 0. The summed E-state index contributed by atoms with van der Waals surface area (Å²) < 4.78 is 10.8. The highest BCUT2D eigenvalue weighted by Gasteiger charge is 2.41. The number of carbonyl (C=O) groups is 2. The Morgan fingerprint density at radius 3 is 1.36 bits per heavy atom. The summed E-state index contributed by atoms with van der Waals surface area (Å²) in [5.74, 6) is 3.09. The molecule has 8 rings (SSSR count). The molecule has 322 valence electrons.